The van der Waals surface area contributed by atoms with Crippen molar-refractivity contribution < 1.29 is 9.53 Å². The Hall–Kier alpha value is -1.31. The average Bonchev–Trinajstić information content (AvgIpc) is 2.79. The van der Waals surface area contributed by atoms with Crippen LogP contribution in [0.1, 0.15) is 73.1 Å². The largest absolute Gasteiger partial charge is 0.458 e. The molecule has 0 radical (unpaired) electrons. The Labute approximate surface area is 148 Å². The lowest BCUT2D eigenvalue weighted by Crippen LogP contribution is -2.32. The van der Waals surface area contributed by atoms with Crippen LogP contribution >= 0.6 is 0 Å². The fourth-order valence-electron chi connectivity index (χ4n) is 4.66. The summed E-state index contributed by atoms with van der Waals surface area (Å²) in [6.45, 7) is 14.7. The second-order valence-electron chi connectivity index (χ2n) is 8.33. The number of carbonyl (C=O) groups excluding carboxylic acids is 1. The SMILES string of the molecule is C=C(C)[C@@H]1CC[C@]2(C)C[C@@H](OC(C)=O)/C(C)=C\CC/C(C)=C\C[C@@H]12. The number of ether oxygens (including phenoxy) is 1. The lowest BCUT2D eigenvalue weighted by molar-refractivity contribution is -0.146. The Morgan fingerprint density at radius 2 is 2.00 bits per heavy atom. The molecule has 2 aliphatic rings. The van der Waals surface area contributed by atoms with E-state index in [-0.39, 0.29) is 17.5 Å². The summed E-state index contributed by atoms with van der Waals surface area (Å²) in [6, 6.07) is 0. The van der Waals surface area contributed by atoms with Crippen molar-refractivity contribution in [2.24, 2.45) is 17.3 Å². The van der Waals surface area contributed by atoms with Gasteiger partial charge in [0.1, 0.15) is 6.10 Å². The molecule has 0 aliphatic heterocycles. The van der Waals surface area contributed by atoms with E-state index < -0.39 is 0 Å². The van der Waals surface area contributed by atoms with Crippen LogP contribution < -0.4 is 0 Å². The van der Waals surface area contributed by atoms with E-state index in [2.05, 4.69) is 46.4 Å². The Balaban J connectivity index is 2.37. The predicted molar refractivity (Wildman–Crippen MR) is 101 cm³/mol. The molecule has 2 rings (SSSR count). The van der Waals surface area contributed by atoms with Crippen LogP contribution in [0, 0.1) is 17.3 Å². The van der Waals surface area contributed by atoms with Crippen molar-refractivity contribution in [3.05, 3.63) is 35.5 Å². The fraction of sp³-hybridized carbons (Fsp3) is 0.682. The standard InChI is InChI=1S/C22H34O2/c1-15(2)19-12-13-22(6)14-21(24-18(5)23)17(4)9-7-8-16(3)10-11-20(19)22/h9-10,19-21H,1,7-8,11-14H2,2-6H3/b16-10-,17-9-/t19-,20-,21+,22+/m0/s1. The van der Waals surface area contributed by atoms with Crippen molar-refractivity contribution in [1.29, 1.82) is 0 Å². The first-order valence-corrected chi connectivity index (χ1v) is 9.38. The summed E-state index contributed by atoms with van der Waals surface area (Å²) >= 11 is 0. The van der Waals surface area contributed by atoms with Crippen molar-refractivity contribution in [3.8, 4) is 0 Å². The minimum Gasteiger partial charge on any atom is -0.458 e. The van der Waals surface area contributed by atoms with Crippen molar-refractivity contribution in [2.45, 2.75) is 79.2 Å². The van der Waals surface area contributed by atoms with Crippen LogP contribution in [0.4, 0.5) is 0 Å². The second kappa shape index (κ2) is 7.72. The topological polar surface area (TPSA) is 26.3 Å². The summed E-state index contributed by atoms with van der Waals surface area (Å²) in [6.07, 6.45) is 11.2. The highest BCUT2D eigenvalue weighted by Gasteiger charge is 2.46. The third-order valence-electron chi connectivity index (χ3n) is 6.23. The smallest absolute Gasteiger partial charge is 0.303 e. The lowest BCUT2D eigenvalue weighted by atomic mass is 9.70. The van der Waals surface area contributed by atoms with Gasteiger partial charge in [-0.15, -0.1) is 0 Å². The highest BCUT2D eigenvalue weighted by Crippen LogP contribution is 2.54. The third kappa shape index (κ3) is 4.40. The molecule has 2 aliphatic carbocycles. The molecule has 134 valence electrons. The molecule has 1 saturated carbocycles. The van der Waals surface area contributed by atoms with E-state index in [1.54, 1.807) is 0 Å². The Morgan fingerprint density at radius 1 is 1.29 bits per heavy atom. The van der Waals surface area contributed by atoms with E-state index in [0.717, 1.165) is 25.7 Å². The number of hydrogen-bond donors (Lipinski definition) is 0. The van der Waals surface area contributed by atoms with Crippen molar-refractivity contribution >= 4 is 5.97 Å². The van der Waals surface area contributed by atoms with Gasteiger partial charge in [-0.1, -0.05) is 36.8 Å². The molecule has 0 N–H and O–H groups in total. The highest BCUT2D eigenvalue weighted by molar-refractivity contribution is 5.66. The number of esters is 1. The average molecular weight is 331 g/mol. The number of hydrogen-bond acceptors (Lipinski definition) is 2. The van der Waals surface area contributed by atoms with Gasteiger partial charge in [-0.2, -0.15) is 0 Å². The zero-order valence-electron chi connectivity index (χ0n) is 16.2. The summed E-state index contributed by atoms with van der Waals surface area (Å²) in [5, 5.41) is 0. The maximum absolute atomic E-state index is 11.6. The van der Waals surface area contributed by atoms with Crippen LogP contribution in [0.15, 0.2) is 35.5 Å². The van der Waals surface area contributed by atoms with Gasteiger partial charge in [-0.25, -0.2) is 0 Å². The van der Waals surface area contributed by atoms with Crippen LogP contribution in [0.2, 0.25) is 0 Å². The summed E-state index contributed by atoms with van der Waals surface area (Å²) in [5.74, 6) is 1.00. The minimum absolute atomic E-state index is 0.0859. The molecule has 0 aromatic rings. The maximum Gasteiger partial charge on any atom is 0.303 e. The molecule has 0 amide bonds. The van der Waals surface area contributed by atoms with E-state index in [1.807, 2.05) is 0 Å². The molecule has 1 fully saturated rings. The van der Waals surface area contributed by atoms with E-state index in [9.17, 15) is 4.79 Å². The van der Waals surface area contributed by atoms with E-state index >= 15 is 0 Å². The zero-order chi connectivity index (χ0) is 17.9. The predicted octanol–water partition coefficient (Wildman–Crippen LogP) is 5.99. The van der Waals surface area contributed by atoms with E-state index in [1.165, 1.54) is 36.5 Å². The first-order chi connectivity index (χ1) is 11.2. The molecule has 0 heterocycles. The Bertz CT molecular complexity index is 554. The first-order valence-electron chi connectivity index (χ1n) is 9.38. The summed E-state index contributed by atoms with van der Waals surface area (Å²) in [4.78, 5) is 11.6. The van der Waals surface area contributed by atoms with Crippen LogP contribution in [-0.2, 0) is 9.53 Å². The molecule has 0 aromatic heterocycles. The maximum atomic E-state index is 11.6. The molecule has 2 heteroatoms. The van der Waals surface area contributed by atoms with Crippen LogP contribution in [0.3, 0.4) is 0 Å². The lowest BCUT2D eigenvalue weighted by Gasteiger charge is -2.37. The number of allylic oxidation sites excluding steroid dienone is 4. The Kier molecular flexibility index (Phi) is 6.11. The molecular weight excluding hydrogens is 296 g/mol. The van der Waals surface area contributed by atoms with Crippen LogP contribution in [-0.4, -0.2) is 12.1 Å². The van der Waals surface area contributed by atoms with Gasteiger partial charge in [-0.05, 0) is 82.1 Å². The normalized spacial score (nSPS) is 38.8. The molecule has 2 nitrogen and oxygen atoms in total. The van der Waals surface area contributed by atoms with Crippen LogP contribution in [0.25, 0.3) is 0 Å². The van der Waals surface area contributed by atoms with Gasteiger partial charge >= 0.3 is 5.97 Å². The highest BCUT2D eigenvalue weighted by atomic mass is 16.5. The third-order valence-corrected chi connectivity index (χ3v) is 6.23. The number of carbonyl (C=O) groups is 1. The van der Waals surface area contributed by atoms with Crippen molar-refractivity contribution in [1.82, 2.24) is 0 Å². The summed E-state index contributed by atoms with van der Waals surface area (Å²) in [5.41, 5.74) is 4.18. The first kappa shape index (κ1) is 19.0. The molecule has 0 spiro atoms. The molecular formula is C22H34O2. The van der Waals surface area contributed by atoms with Gasteiger partial charge in [-0.3, -0.25) is 4.79 Å². The monoisotopic (exact) mass is 330 g/mol. The van der Waals surface area contributed by atoms with E-state index in [0.29, 0.717) is 11.8 Å². The molecule has 4 atom stereocenters. The van der Waals surface area contributed by atoms with Gasteiger partial charge in [0.05, 0.1) is 0 Å². The molecule has 24 heavy (non-hydrogen) atoms. The number of rotatable bonds is 2. The fourth-order valence-corrected chi connectivity index (χ4v) is 4.66. The second-order valence-corrected chi connectivity index (χ2v) is 8.33. The molecule has 0 unspecified atom stereocenters. The Morgan fingerprint density at radius 3 is 2.62 bits per heavy atom. The van der Waals surface area contributed by atoms with Gasteiger partial charge in [0.2, 0.25) is 0 Å². The molecule has 0 bridgehead atoms. The summed E-state index contributed by atoms with van der Waals surface area (Å²) in [7, 11) is 0. The van der Waals surface area contributed by atoms with Gasteiger partial charge in [0, 0.05) is 6.92 Å². The van der Waals surface area contributed by atoms with Gasteiger partial charge < -0.3 is 4.74 Å². The van der Waals surface area contributed by atoms with Crippen molar-refractivity contribution in [3.63, 3.8) is 0 Å². The van der Waals surface area contributed by atoms with Crippen molar-refractivity contribution in [2.75, 3.05) is 0 Å². The zero-order valence-corrected chi connectivity index (χ0v) is 16.2. The van der Waals surface area contributed by atoms with E-state index in [4.69, 9.17) is 4.74 Å². The molecule has 0 aromatic carbocycles. The van der Waals surface area contributed by atoms with Gasteiger partial charge in [0.25, 0.3) is 0 Å². The summed E-state index contributed by atoms with van der Waals surface area (Å²) < 4.78 is 5.73. The molecule has 0 saturated heterocycles. The quantitative estimate of drug-likeness (QED) is 0.459. The van der Waals surface area contributed by atoms with Gasteiger partial charge in [0.15, 0.2) is 0 Å². The minimum atomic E-state index is -0.175. The number of fused-ring (bicyclic) bond motifs is 1. The van der Waals surface area contributed by atoms with Crippen LogP contribution in [0.5, 0.6) is 0 Å².